The molecule has 1 heterocycles. The van der Waals surface area contributed by atoms with Crippen LogP contribution >= 0.6 is 0 Å². The number of halogens is 3. The van der Waals surface area contributed by atoms with Crippen LogP contribution in [0, 0.1) is 0 Å². The van der Waals surface area contributed by atoms with E-state index in [1.54, 1.807) is 5.10 Å². The highest BCUT2D eigenvalue weighted by molar-refractivity contribution is 5.93. The Hall–Kier alpha value is -1.57. The number of anilines is 1. The number of nitrogens with two attached hydrogens (primary N) is 1. The molecule has 0 aliphatic rings. The fourth-order valence-electron chi connectivity index (χ4n) is 0.771. The number of hydrogen-bond donors (Lipinski definition) is 3. The van der Waals surface area contributed by atoms with E-state index in [4.69, 9.17) is 5.73 Å². The number of aromatic nitrogens is 2. The van der Waals surface area contributed by atoms with Crippen LogP contribution in [0.3, 0.4) is 0 Å². The van der Waals surface area contributed by atoms with Crippen LogP contribution < -0.4 is 11.1 Å². The van der Waals surface area contributed by atoms with E-state index in [2.05, 4.69) is 10.4 Å². The maximum Gasteiger partial charge on any atom is 0.432 e. The molecule has 1 aromatic heterocycles. The smallest absolute Gasteiger partial charge is 0.320 e. The molecule has 0 radical (unpaired) electrons. The van der Waals surface area contributed by atoms with Crippen LogP contribution in [0.15, 0.2) is 6.07 Å². The van der Waals surface area contributed by atoms with E-state index in [-0.39, 0.29) is 5.82 Å². The van der Waals surface area contributed by atoms with Gasteiger partial charge < -0.3 is 11.1 Å². The van der Waals surface area contributed by atoms with Crippen LogP contribution in [0.1, 0.15) is 12.6 Å². The Kier molecular flexibility index (Phi) is 2.98. The molecule has 0 aliphatic heterocycles. The number of amides is 1. The lowest BCUT2D eigenvalue weighted by Crippen LogP contribution is -2.32. The van der Waals surface area contributed by atoms with Crippen molar-refractivity contribution in [1.29, 1.82) is 0 Å². The van der Waals surface area contributed by atoms with Crippen molar-refractivity contribution in [3.63, 3.8) is 0 Å². The first-order chi connectivity index (χ1) is 6.80. The predicted octanol–water partition coefficient (Wildman–Crippen LogP) is 0.714. The molecule has 0 aromatic carbocycles. The van der Waals surface area contributed by atoms with Crippen LogP contribution in [0.4, 0.5) is 19.0 Å². The van der Waals surface area contributed by atoms with E-state index in [9.17, 15) is 18.0 Å². The Morgan fingerprint density at radius 3 is 2.67 bits per heavy atom. The second kappa shape index (κ2) is 3.89. The molecule has 1 atom stereocenters. The largest absolute Gasteiger partial charge is 0.432 e. The molecule has 8 heteroatoms. The molecule has 0 spiro atoms. The average molecular weight is 222 g/mol. The summed E-state index contributed by atoms with van der Waals surface area (Å²) in [4.78, 5) is 11.0. The number of aromatic amines is 1. The summed E-state index contributed by atoms with van der Waals surface area (Å²) in [7, 11) is 0. The van der Waals surface area contributed by atoms with Gasteiger partial charge >= 0.3 is 6.18 Å². The molecule has 0 aliphatic carbocycles. The van der Waals surface area contributed by atoms with E-state index in [0.29, 0.717) is 6.07 Å². The zero-order valence-corrected chi connectivity index (χ0v) is 7.72. The summed E-state index contributed by atoms with van der Waals surface area (Å²) in [5, 5.41) is 7.16. The normalized spacial score (nSPS) is 13.7. The molecule has 0 saturated heterocycles. The first-order valence-corrected chi connectivity index (χ1v) is 3.99. The molecule has 1 aromatic rings. The summed E-state index contributed by atoms with van der Waals surface area (Å²) < 4.78 is 36.3. The van der Waals surface area contributed by atoms with Crippen LogP contribution in [0.5, 0.6) is 0 Å². The minimum Gasteiger partial charge on any atom is -0.320 e. The predicted molar refractivity (Wildman–Crippen MR) is 45.9 cm³/mol. The van der Waals surface area contributed by atoms with Crippen molar-refractivity contribution < 1.29 is 18.0 Å². The SMILES string of the molecule is CC(N)C(=O)Nc1cc(C(F)(F)F)[nH]n1. The quantitative estimate of drug-likeness (QED) is 0.689. The van der Waals surface area contributed by atoms with Gasteiger partial charge in [-0.15, -0.1) is 0 Å². The fraction of sp³-hybridized carbons (Fsp3) is 0.429. The third-order valence-corrected chi connectivity index (χ3v) is 1.55. The number of nitrogens with one attached hydrogen (secondary N) is 2. The molecular weight excluding hydrogens is 213 g/mol. The minimum absolute atomic E-state index is 0.204. The van der Waals surface area contributed by atoms with E-state index in [1.165, 1.54) is 6.92 Å². The lowest BCUT2D eigenvalue weighted by atomic mass is 10.3. The molecule has 15 heavy (non-hydrogen) atoms. The van der Waals surface area contributed by atoms with Gasteiger partial charge in [0.1, 0.15) is 5.69 Å². The fourth-order valence-corrected chi connectivity index (χ4v) is 0.771. The second-order valence-electron chi connectivity index (χ2n) is 2.94. The van der Waals surface area contributed by atoms with Gasteiger partial charge in [-0.05, 0) is 6.92 Å². The maximum atomic E-state index is 12.1. The number of carbonyl (C=O) groups is 1. The number of alkyl halides is 3. The Bertz CT molecular complexity index is 357. The number of nitrogens with zero attached hydrogens (tertiary/aromatic N) is 1. The highest BCUT2D eigenvalue weighted by Crippen LogP contribution is 2.28. The first-order valence-electron chi connectivity index (χ1n) is 3.99. The van der Waals surface area contributed by atoms with Gasteiger partial charge in [0.25, 0.3) is 0 Å². The van der Waals surface area contributed by atoms with Gasteiger partial charge in [0, 0.05) is 6.07 Å². The molecule has 5 nitrogen and oxygen atoms in total. The summed E-state index contributed by atoms with van der Waals surface area (Å²) in [6.07, 6.45) is -4.51. The van der Waals surface area contributed by atoms with Gasteiger partial charge in [0.15, 0.2) is 5.82 Å². The molecule has 84 valence electrons. The summed E-state index contributed by atoms with van der Waals surface area (Å²) in [6, 6.07) is -0.115. The van der Waals surface area contributed by atoms with E-state index in [0.717, 1.165) is 0 Å². The molecule has 0 fully saturated rings. The van der Waals surface area contributed by atoms with Crippen molar-refractivity contribution >= 4 is 11.7 Å². The van der Waals surface area contributed by atoms with Crippen LogP contribution in [0.2, 0.25) is 0 Å². The highest BCUT2D eigenvalue weighted by atomic mass is 19.4. The van der Waals surface area contributed by atoms with Crippen molar-refractivity contribution in [3.05, 3.63) is 11.8 Å². The number of hydrogen-bond acceptors (Lipinski definition) is 3. The zero-order chi connectivity index (χ0) is 11.6. The topological polar surface area (TPSA) is 83.8 Å². The van der Waals surface area contributed by atoms with Gasteiger partial charge in [0.05, 0.1) is 6.04 Å². The lowest BCUT2D eigenvalue weighted by Gasteiger charge is -2.03. The summed E-state index contributed by atoms with van der Waals surface area (Å²) in [5.74, 6) is -0.806. The second-order valence-corrected chi connectivity index (χ2v) is 2.94. The van der Waals surface area contributed by atoms with Crippen LogP contribution in [0.25, 0.3) is 0 Å². The van der Waals surface area contributed by atoms with Gasteiger partial charge in [-0.25, -0.2) is 0 Å². The number of H-pyrrole nitrogens is 1. The monoisotopic (exact) mass is 222 g/mol. The first kappa shape index (κ1) is 11.5. The van der Waals surface area contributed by atoms with E-state index >= 15 is 0 Å². The third-order valence-electron chi connectivity index (χ3n) is 1.55. The zero-order valence-electron chi connectivity index (χ0n) is 7.72. The summed E-state index contributed by atoms with van der Waals surface area (Å²) >= 11 is 0. The average Bonchev–Trinajstić information content (AvgIpc) is 2.51. The lowest BCUT2D eigenvalue weighted by molar-refractivity contribution is -0.141. The Balaban J connectivity index is 2.73. The van der Waals surface area contributed by atoms with E-state index < -0.39 is 23.8 Å². The molecule has 1 rings (SSSR count). The minimum atomic E-state index is -4.51. The maximum absolute atomic E-state index is 12.1. The van der Waals surface area contributed by atoms with Crippen LogP contribution in [-0.4, -0.2) is 22.1 Å². The molecular formula is C7H9F3N4O. The van der Waals surface area contributed by atoms with Gasteiger partial charge in [0.2, 0.25) is 5.91 Å². The molecule has 4 N–H and O–H groups in total. The Labute approximate surface area is 82.8 Å². The number of rotatable bonds is 2. The number of carbonyl (C=O) groups excluding carboxylic acids is 1. The van der Waals surface area contributed by atoms with Crippen molar-refractivity contribution in [1.82, 2.24) is 10.2 Å². The Morgan fingerprint density at radius 2 is 2.27 bits per heavy atom. The van der Waals surface area contributed by atoms with Crippen molar-refractivity contribution in [3.8, 4) is 0 Å². The summed E-state index contributed by atoms with van der Waals surface area (Å²) in [5.41, 5.74) is 4.18. The third kappa shape index (κ3) is 2.94. The van der Waals surface area contributed by atoms with Crippen LogP contribution in [-0.2, 0) is 11.0 Å². The molecule has 1 amide bonds. The molecule has 1 unspecified atom stereocenters. The Morgan fingerprint density at radius 1 is 1.67 bits per heavy atom. The molecule has 0 saturated carbocycles. The van der Waals surface area contributed by atoms with E-state index in [1.807, 2.05) is 0 Å². The summed E-state index contributed by atoms with van der Waals surface area (Å²) in [6.45, 7) is 1.41. The van der Waals surface area contributed by atoms with Gasteiger partial charge in [-0.1, -0.05) is 0 Å². The van der Waals surface area contributed by atoms with Crippen molar-refractivity contribution in [2.75, 3.05) is 5.32 Å². The standard InChI is InChI=1S/C7H9F3N4O/c1-3(11)6(15)12-5-2-4(13-14-5)7(8,9)10/h2-3H,11H2,1H3,(H2,12,13,14,15). The highest BCUT2D eigenvalue weighted by Gasteiger charge is 2.33. The van der Waals surface area contributed by atoms with Gasteiger partial charge in [-0.2, -0.15) is 18.3 Å². The van der Waals surface area contributed by atoms with Crippen molar-refractivity contribution in [2.24, 2.45) is 5.73 Å². The van der Waals surface area contributed by atoms with Gasteiger partial charge in [-0.3, -0.25) is 9.89 Å². The van der Waals surface area contributed by atoms with Crippen molar-refractivity contribution in [2.45, 2.75) is 19.1 Å². The molecule has 0 bridgehead atoms.